The molecule has 0 unspecified atom stereocenters. The van der Waals surface area contributed by atoms with E-state index in [9.17, 15) is 14.5 Å². The third-order valence-electron chi connectivity index (χ3n) is 2.14. The number of rotatable bonds is 6. The highest BCUT2D eigenvalue weighted by molar-refractivity contribution is 6.31. The van der Waals surface area contributed by atoms with Crippen LogP contribution in [-0.4, -0.2) is 23.2 Å². The molecule has 1 rings (SSSR count). The van der Waals surface area contributed by atoms with E-state index in [4.69, 9.17) is 16.7 Å². The standard InChI is InChI=1S/C10H12ClFN2O3/c11-7-5-10(14(16)17)9(6-8(7)12)13-3-1-2-4-15/h5-6,13,15H,1-4H2. The number of nitrogens with one attached hydrogen (secondary N) is 1. The molecule has 0 aliphatic carbocycles. The van der Waals surface area contributed by atoms with Gasteiger partial charge in [0.2, 0.25) is 0 Å². The van der Waals surface area contributed by atoms with Gasteiger partial charge in [-0.25, -0.2) is 4.39 Å². The van der Waals surface area contributed by atoms with Gasteiger partial charge in [0.25, 0.3) is 5.69 Å². The minimum atomic E-state index is -0.707. The fourth-order valence-corrected chi connectivity index (χ4v) is 1.45. The molecule has 17 heavy (non-hydrogen) atoms. The first-order valence-corrected chi connectivity index (χ1v) is 5.42. The lowest BCUT2D eigenvalue weighted by Gasteiger charge is -2.07. The van der Waals surface area contributed by atoms with E-state index in [1.807, 2.05) is 0 Å². The Hall–Kier alpha value is -1.40. The van der Waals surface area contributed by atoms with E-state index >= 15 is 0 Å². The second kappa shape index (κ2) is 6.36. The maximum Gasteiger partial charge on any atom is 0.294 e. The molecule has 0 atom stereocenters. The second-order valence-corrected chi connectivity index (χ2v) is 3.81. The smallest absolute Gasteiger partial charge is 0.294 e. The van der Waals surface area contributed by atoms with Crippen LogP contribution >= 0.6 is 11.6 Å². The summed E-state index contributed by atoms with van der Waals surface area (Å²) >= 11 is 5.47. The molecule has 1 aromatic carbocycles. The molecule has 0 heterocycles. The molecular weight excluding hydrogens is 251 g/mol. The summed E-state index contributed by atoms with van der Waals surface area (Å²) in [5.74, 6) is -0.707. The number of anilines is 1. The van der Waals surface area contributed by atoms with Gasteiger partial charge in [0.15, 0.2) is 0 Å². The first-order valence-electron chi connectivity index (χ1n) is 5.04. The molecule has 0 fully saturated rings. The van der Waals surface area contributed by atoms with Crippen molar-refractivity contribution < 1.29 is 14.4 Å². The normalized spacial score (nSPS) is 10.3. The third-order valence-corrected chi connectivity index (χ3v) is 2.43. The Balaban J connectivity index is 2.81. The number of nitrogens with zero attached hydrogens (tertiary/aromatic N) is 1. The van der Waals surface area contributed by atoms with Crippen LogP contribution in [0, 0.1) is 15.9 Å². The van der Waals surface area contributed by atoms with Crippen molar-refractivity contribution in [3.63, 3.8) is 0 Å². The van der Waals surface area contributed by atoms with Crippen molar-refractivity contribution in [2.75, 3.05) is 18.5 Å². The van der Waals surface area contributed by atoms with Gasteiger partial charge in [-0.1, -0.05) is 11.6 Å². The van der Waals surface area contributed by atoms with Gasteiger partial charge in [-0.3, -0.25) is 10.1 Å². The molecule has 0 aromatic heterocycles. The molecule has 0 spiro atoms. The average molecular weight is 263 g/mol. The van der Waals surface area contributed by atoms with E-state index in [1.165, 1.54) is 0 Å². The number of benzene rings is 1. The van der Waals surface area contributed by atoms with Crippen LogP contribution < -0.4 is 5.32 Å². The molecule has 0 bridgehead atoms. The van der Waals surface area contributed by atoms with Crippen LogP contribution in [-0.2, 0) is 0 Å². The van der Waals surface area contributed by atoms with Crippen molar-refractivity contribution in [3.8, 4) is 0 Å². The van der Waals surface area contributed by atoms with Crippen LogP contribution in [0.15, 0.2) is 12.1 Å². The Morgan fingerprint density at radius 1 is 1.47 bits per heavy atom. The molecule has 0 radical (unpaired) electrons. The molecule has 2 N–H and O–H groups in total. The largest absolute Gasteiger partial charge is 0.396 e. The Morgan fingerprint density at radius 3 is 2.76 bits per heavy atom. The zero-order valence-electron chi connectivity index (χ0n) is 8.95. The summed E-state index contributed by atoms with van der Waals surface area (Å²) in [6.45, 7) is 0.473. The molecule has 1 aromatic rings. The number of hydrogen-bond acceptors (Lipinski definition) is 4. The van der Waals surface area contributed by atoms with Gasteiger partial charge in [-0.15, -0.1) is 0 Å². The van der Waals surface area contributed by atoms with Gasteiger partial charge in [0, 0.05) is 25.3 Å². The monoisotopic (exact) mass is 262 g/mol. The van der Waals surface area contributed by atoms with E-state index in [-0.39, 0.29) is 23.0 Å². The predicted molar refractivity (Wildman–Crippen MR) is 62.9 cm³/mol. The molecule has 0 saturated carbocycles. The summed E-state index contributed by atoms with van der Waals surface area (Å²) in [6, 6.07) is 1.98. The SMILES string of the molecule is O=[N+]([O-])c1cc(Cl)c(F)cc1NCCCCO. The zero-order valence-corrected chi connectivity index (χ0v) is 9.71. The van der Waals surface area contributed by atoms with Crippen molar-refractivity contribution in [1.82, 2.24) is 0 Å². The highest BCUT2D eigenvalue weighted by Crippen LogP contribution is 2.30. The number of nitro groups is 1. The lowest BCUT2D eigenvalue weighted by Crippen LogP contribution is -2.05. The van der Waals surface area contributed by atoms with E-state index < -0.39 is 10.7 Å². The van der Waals surface area contributed by atoms with Crippen LogP contribution in [0.4, 0.5) is 15.8 Å². The predicted octanol–water partition coefficient (Wildman–Crippen LogP) is 2.57. The fraction of sp³-hybridized carbons (Fsp3) is 0.400. The number of unbranched alkanes of at least 4 members (excludes halogenated alkanes) is 1. The van der Waals surface area contributed by atoms with Gasteiger partial charge in [0.1, 0.15) is 11.5 Å². The van der Waals surface area contributed by atoms with E-state index in [0.29, 0.717) is 19.4 Å². The van der Waals surface area contributed by atoms with Crippen molar-refractivity contribution in [3.05, 3.63) is 33.1 Å². The van der Waals surface area contributed by atoms with Crippen LogP contribution in [0.5, 0.6) is 0 Å². The first-order chi connectivity index (χ1) is 8.06. The zero-order chi connectivity index (χ0) is 12.8. The molecule has 7 heteroatoms. The van der Waals surface area contributed by atoms with E-state index in [1.54, 1.807) is 0 Å². The van der Waals surface area contributed by atoms with Crippen LogP contribution in [0.25, 0.3) is 0 Å². The van der Waals surface area contributed by atoms with Crippen LogP contribution in [0.2, 0.25) is 5.02 Å². The van der Waals surface area contributed by atoms with Crippen molar-refractivity contribution in [1.29, 1.82) is 0 Å². The average Bonchev–Trinajstić information content (AvgIpc) is 2.28. The molecular formula is C10H12ClFN2O3. The van der Waals surface area contributed by atoms with Gasteiger partial charge in [-0.05, 0) is 12.8 Å². The lowest BCUT2D eigenvalue weighted by atomic mass is 10.2. The number of aliphatic hydroxyl groups is 1. The van der Waals surface area contributed by atoms with Gasteiger partial charge < -0.3 is 10.4 Å². The maximum absolute atomic E-state index is 13.2. The highest BCUT2D eigenvalue weighted by atomic mass is 35.5. The summed E-state index contributed by atoms with van der Waals surface area (Å²) in [5, 5.41) is 21.8. The van der Waals surface area contributed by atoms with Gasteiger partial charge in [0.05, 0.1) is 9.95 Å². The summed E-state index contributed by atoms with van der Waals surface area (Å²) in [6.07, 6.45) is 1.22. The summed E-state index contributed by atoms with van der Waals surface area (Å²) in [5.41, 5.74) is -0.171. The molecule has 0 saturated heterocycles. The summed E-state index contributed by atoms with van der Waals surface area (Å²) < 4.78 is 13.2. The van der Waals surface area contributed by atoms with Crippen molar-refractivity contribution >= 4 is 23.0 Å². The quantitative estimate of drug-likeness (QED) is 0.469. The second-order valence-electron chi connectivity index (χ2n) is 3.40. The van der Waals surface area contributed by atoms with Gasteiger partial charge >= 0.3 is 0 Å². The number of halogens is 2. The van der Waals surface area contributed by atoms with Gasteiger partial charge in [-0.2, -0.15) is 0 Å². The van der Waals surface area contributed by atoms with E-state index in [2.05, 4.69) is 5.32 Å². The number of hydrogen-bond donors (Lipinski definition) is 2. The Kier molecular flexibility index (Phi) is 5.11. The van der Waals surface area contributed by atoms with Crippen molar-refractivity contribution in [2.24, 2.45) is 0 Å². The summed E-state index contributed by atoms with van der Waals surface area (Å²) in [7, 11) is 0. The number of nitro benzene ring substituents is 1. The van der Waals surface area contributed by atoms with Crippen molar-refractivity contribution in [2.45, 2.75) is 12.8 Å². The van der Waals surface area contributed by atoms with E-state index in [0.717, 1.165) is 12.1 Å². The Bertz CT molecular complexity index is 415. The Morgan fingerprint density at radius 2 is 2.18 bits per heavy atom. The van der Waals surface area contributed by atoms with Crippen LogP contribution in [0.3, 0.4) is 0 Å². The summed E-state index contributed by atoms with van der Waals surface area (Å²) in [4.78, 5) is 10.1. The topological polar surface area (TPSA) is 75.4 Å². The molecule has 0 aliphatic rings. The van der Waals surface area contributed by atoms with Crippen LogP contribution in [0.1, 0.15) is 12.8 Å². The first kappa shape index (κ1) is 13.7. The fourth-order valence-electron chi connectivity index (χ4n) is 1.29. The number of aliphatic hydroxyl groups excluding tert-OH is 1. The molecule has 0 amide bonds. The highest BCUT2D eigenvalue weighted by Gasteiger charge is 2.17. The Labute approximate surface area is 102 Å². The molecule has 0 aliphatic heterocycles. The minimum absolute atomic E-state index is 0.0543. The molecule has 94 valence electrons. The third kappa shape index (κ3) is 3.83. The lowest BCUT2D eigenvalue weighted by molar-refractivity contribution is -0.384. The molecule has 5 nitrogen and oxygen atoms in total. The maximum atomic E-state index is 13.2. The minimum Gasteiger partial charge on any atom is -0.396 e.